The standard InChI is InChI=1S/C11H24N2O3S.ClH/c1-12-6-3-11-4-7-13(8-5-11)17(14,15)10-9-16-2;/h11-12H,3-10H2,1-2H3;1H. The molecule has 0 aromatic carbocycles. The van der Waals surface area contributed by atoms with Crippen LogP contribution < -0.4 is 5.32 Å². The molecule has 0 aromatic heterocycles. The van der Waals surface area contributed by atoms with Crippen LogP contribution in [0.5, 0.6) is 0 Å². The SMILES string of the molecule is CNCCC1CCN(S(=O)(=O)CCOC)CC1.Cl. The minimum atomic E-state index is -3.10. The molecule has 1 fully saturated rings. The average molecular weight is 301 g/mol. The topological polar surface area (TPSA) is 58.6 Å². The van der Waals surface area contributed by atoms with Gasteiger partial charge in [-0.1, -0.05) is 0 Å². The van der Waals surface area contributed by atoms with Crippen LogP contribution in [0.2, 0.25) is 0 Å². The quantitative estimate of drug-likeness (QED) is 0.752. The van der Waals surface area contributed by atoms with Crippen LogP contribution in [-0.4, -0.2) is 58.9 Å². The van der Waals surface area contributed by atoms with Crippen molar-refractivity contribution in [2.75, 3.05) is 46.2 Å². The molecule has 1 N–H and O–H groups in total. The third-order valence-electron chi connectivity index (χ3n) is 3.31. The van der Waals surface area contributed by atoms with Crippen molar-refractivity contribution in [2.24, 2.45) is 5.92 Å². The number of nitrogens with one attached hydrogen (secondary N) is 1. The second-order valence-electron chi connectivity index (χ2n) is 4.54. The smallest absolute Gasteiger partial charge is 0.216 e. The Hall–Kier alpha value is 0.120. The van der Waals surface area contributed by atoms with Crippen molar-refractivity contribution in [3.8, 4) is 0 Å². The summed E-state index contributed by atoms with van der Waals surface area (Å²) in [5, 5.41) is 3.14. The van der Waals surface area contributed by atoms with Crippen molar-refractivity contribution in [1.29, 1.82) is 0 Å². The molecule has 5 nitrogen and oxygen atoms in total. The first-order valence-electron chi connectivity index (χ1n) is 6.21. The van der Waals surface area contributed by atoms with E-state index < -0.39 is 10.0 Å². The zero-order chi connectivity index (χ0) is 12.7. The number of rotatable bonds is 7. The summed E-state index contributed by atoms with van der Waals surface area (Å²) in [5.41, 5.74) is 0. The number of sulfonamides is 1. The molecule has 1 heterocycles. The molecule has 7 heteroatoms. The molecule has 18 heavy (non-hydrogen) atoms. The Morgan fingerprint density at radius 1 is 1.33 bits per heavy atom. The Kier molecular flexibility index (Phi) is 9.15. The van der Waals surface area contributed by atoms with Gasteiger partial charge in [-0.3, -0.25) is 0 Å². The second kappa shape index (κ2) is 9.09. The van der Waals surface area contributed by atoms with E-state index >= 15 is 0 Å². The Morgan fingerprint density at radius 2 is 1.94 bits per heavy atom. The first-order chi connectivity index (χ1) is 8.10. The van der Waals surface area contributed by atoms with Crippen molar-refractivity contribution in [3.63, 3.8) is 0 Å². The summed E-state index contributed by atoms with van der Waals surface area (Å²) in [5.74, 6) is 0.765. The van der Waals surface area contributed by atoms with Crippen LogP contribution in [0.25, 0.3) is 0 Å². The summed E-state index contributed by atoms with van der Waals surface area (Å²) in [7, 11) is 0.379. The van der Waals surface area contributed by atoms with Gasteiger partial charge in [0.05, 0.1) is 12.4 Å². The van der Waals surface area contributed by atoms with E-state index in [1.54, 1.807) is 4.31 Å². The van der Waals surface area contributed by atoms with E-state index in [4.69, 9.17) is 4.74 Å². The molecule has 0 saturated carbocycles. The predicted octanol–water partition coefficient (Wildman–Crippen LogP) is 0.706. The number of hydrogen-bond acceptors (Lipinski definition) is 4. The highest BCUT2D eigenvalue weighted by molar-refractivity contribution is 7.89. The first kappa shape index (κ1) is 18.1. The van der Waals surface area contributed by atoms with Gasteiger partial charge in [0.15, 0.2) is 0 Å². The molecule has 0 unspecified atom stereocenters. The first-order valence-corrected chi connectivity index (χ1v) is 7.82. The minimum Gasteiger partial charge on any atom is -0.384 e. The van der Waals surface area contributed by atoms with Crippen molar-refractivity contribution in [3.05, 3.63) is 0 Å². The largest absolute Gasteiger partial charge is 0.384 e. The van der Waals surface area contributed by atoms with Crippen LogP contribution in [0.1, 0.15) is 19.3 Å². The number of hydrogen-bond donors (Lipinski definition) is 1. The summed E-state index contributed by atoms with van der Waals surface area (Å²) < 4.78 is 30.2. The van der Waals surface area contributed by atoms with Gasteiger partial charge in [0, 0.05) is 20.2 Å². The van der Waals surface area contributed by atoms with Crippen molar-refractivity contribution in [2.45, 2.75) is 19.3 Å². The maximum absolute atomic E-state index is 11.9. The van der Waals surface area contributed by atoms with E-state index in [1.807, 2.05) is 7.05 Å². The molecule has 1 rings (SSSR count). The Bertz CT molecular complexity index is 303. The fourth-order valence-corrected chi connectivity index (χ4v) is 3.54. The molecule has 0 spiro atoms. The molecule has 0 amide bonds. The predicted molar refractivity (Wildman–Crippen MR) is 75.8 cm³/mol. The van der Waals surface area contributed by atoms with Gasteiger partial charge in [0.2, 0.25) is 10.0 Å². The van der Waals surface area contributed by atoms with Gasteiger partial charge < -0.3 is 10.1 Å². The summed E-state index contributed by atoms with van der Waals surface area (Å²) in [6.45, 7) is 2.63. The molecule has 0 bridgehead atoms. The Balaban J connectivity index is 0.00000289. The molecule has 1 saturated heterocycles. The maximum atomic E-state index is 11.9. The van der Waals surface area contributed by atoms with Crippen molar-refractivity contribution >= 4 is 22.4 Å². The molecular formula is C11H25ClN2O3S. The second-order valence-corrected chi connectivity index (χ2v) is 6.63. The number of halogens is 1. The molecule has 1 aliphatic rings. The summed E-state index contributed by atoms with van der Waals surface area (Å²) in [6, 6.07) is 0. The number of nitrogens with zero attached hydrogens (tertiary/aromatic N) is 1. The molecule has 0 atom stereocenters. The van der Waals surface area contributed by atoms with Gasteiger partial charge in [0.25, 0.3) is 0 Å². The van der Waals surface area contributed by atoms with Gasteiger partial charge in [-0.25, -0.2) is 12.7 Å². The number of ether oxygens (including phenoxy) is 1. The lowest BCUT2D eigenvalue weighted by Gasteiger charge is -2.31. The molecule has 0 aliphatic carbocycles. The number of piperidine rings is 1. The fourth-order valence-electron chi connectivity index (χ4n) is 2.14. The van der Waals surface area contributed by atoms with Crippen LogP contribution in [0.4, 0.5) is 0 Å². The van der Waals surface area contributed by atoms with Crippen LogP contribution in [0.3, 0.4) is 0 Å². The lowest BCUT2D eigenvalue weighted by Crippen LogP contribution is -2.40. The maximum Gasteiger partial charge on any atom is 0.216 e. The van der Waals surface area contributed by atoms with Crippen LogP contribution >= 0.6 is 12.4 Å². The van der Waals surface area contributed by atoms with E-state index in [0.29, 0.717) is 19.0 Å². The molecular weight excluding hydrogens is 276 g/mol. The Morgan fingerprint density at radius 3 is 2.44 bits per heavy atom. The fraction of sp³-hybridized carbons (Fsp3) is 1.00. The van der Waals surface area contributed by atoms with Crippen LogP contribution in [0.15, 0.2) is 0 Å². The molecule has 0 radical (unpaired) electrons. The van der Waals surface area contributed by atoms with E-state index in [9.17, 15) is 8.42 Å². The van der Waals surface area contributed by atoms with E-state index in [2.05, 4.69) is 5.32 Å². The molecule has 1 aliphatic heterocycles. The zero-order valence-corrected chi connectivity index (χ0v) is 12.9. The number of methoxy groups -OCH3 is 1. The van der Waals surface area contributed by atoms with E-state index in [-0.39, 0.29) is 24.8 Å². The lowest BCUT2D eigenvalue weighted by atomic mass is 9.95. The monoisotopic (exact) mass is 300 g/mol. The minimum absolute atomic E-state index is 0. The van der Waals surface area contributed by atoms with Gasteiger partial charge in [-0.15, -0.1) is 12.4 Å². The van der Waals surface area contributed by atoms with E-state index in [1.165, 1.54) is 7.11 Å². The van der Waals surface area contributed by atoms with Gasteiger partial charge in [0.1, 0.15) is 0 Å². The third kappa shape index (κ3) is 5.84. The van der Waals surface area contributed by atoms with Gasteiger partial charge in [-0.05, 0) is 38.8 Å². The van der Waals surface area contributed by atoms with Crippen molar-refractivity contribution in [1.82, 2.24) is 9.62 Å². The van der Waals surface area contributed by atoms with Gasteiger partial charge >= 0.3 is 0 Å². The van der Waals surface area contributed by atoms with Crippen LogP contribution in [0, 0.1) is 5.92 Å². The summed E-state index contributed by atoms with van der Waals surface area (Å²) in [4.78, 5) is 0. The Labute approximate surface area is 117 Å². The highest BCUT2D eigenvalue weighted by Gasteiger charge is 2.27. The molecule has 0 aromatic rings. The van der Waals surface area contributed by atoms with E-state index in [0.717, 1.165) is 25.8 Å². The highest BCUT2D eigenvalue weighted by Crippen LogP contribution is 2.22. The lowest BCUT2D eigenvalue weighted by molar-refractivity contribution is 0.212. The zero-order valence-electron chi connectivity index (χ0n) is 11.2. The van der Waals surface area contributed by atoms with Crippen molar-refractivity contribution < 1.29 is 13.2 Å². The normalized spacial score (nSPS) is 18.6. The third-order valence-corrected chi connectivity index (χ3v) is 5.15. The average Bonchev–Trinajstić information content (AvgIpc) is 2.34. The van der Waals surface area contributed by atoms with Gasteiger partial charge in [-0.2, -0.15) is 0 Å². The molecule has 110 valence electrons. The summed E-state index contributed by atoms with van der Waals surface area (Å²) >= 11 is 0. The highest BCUT2D eigenvalue weighted by atomic mass is 35.5. The summed E-state index contributed by atoms with van der Waals surface area (Å²) in [6.07, 6.45) is 3.10. The van der Waals surface area contributed by atoms with Crippen LogP contribution in [-0.2, 0) is 14.8 Å².